The number of methoxy groups -OCH3 is 2. The van der Waals surface area contributed by atoms with Gasteiger partial charge in [-0.25, -0.2) is 9.48 Å². The van der Waals surface area contributed by atoms with Crippen LogP contribution in [0.25, 0.3) is 0 Å². The molecule has 5 nitrogen and oxygen atoms in total. The highest BCUT2D eigenvalue weighted by Gasteiger charge is 2.54. The predicted molar refractivity (Wildman–Crippen MR) is 120 cm³/mol. The van der Waals surface area contributed by atoms with Crippen molar-refractivity contribution in [1.82, 2.24) is 0 Å². The summed E-state index contributed by atoms with van der Waals surface area (Å²) in [7, 11) is 3.23. The van der Waals surface area contributed by atoms with Crippen molar-refractivity contribution in [3.8, 4) is 11.5 Å². The maximum Gasteiger partial charge on any atom is 0.316 e. The van der Waals surface area contributed by atoms with E-state index in [0.29, 0.717) is 18.0 Å². The van der Waals surface area contributed by atoms with Crippen LogP contribution in [0.4, 0.5) is 5.69 Å². The number of rotatable bonds is 4. The summed E-state index contributed by atoms with van der Waals surface area (Å²) in [5, 5.41) is 13.0. The Labute approximate surface area is 202 Å². The van der Waals surface area contributed by atoms with E-state index in [1.807, 2.05) is 24.3 Å². The van der Waals surface area contributed by atoms with Crippen LogP contribution in [0.5, 0.6) is 11.5 Å². The molecule has 156 valence electrons. The lowest BCUT2D eigenvalue weighted by molar-refractivity contribution is -0.656. The number of hydrogen-bond acceptors (Lipinski definition) is 5. The largest absolute Gasteiger partial charge is 1.00 e. The minimum absolute atomic E-state index is 0. The van der Waals surface area contributed by atoms with Crippen molar-refractivity contribution in [3.63, 3.8) is 0 Å². The van der Waals surface area contributed by atoms with E-state index in [1.165, 1.54) is 0 Å². The van der Waals surface area contributed by atoms with Crippen LogP contribution in [-0.4, -0.2) is 47.9 Å². The molecule has 0 amide bonds. The molecule has 0 saturated heterocycles. The maximum atomic E-state index is 11.9. The van der Waals surface area contributed by atoms with E-state index in [0.717, 1.165) is 44.1 Å². The molecule has 1 unspecified atom stereocenters. The Hall–Kier alpha value is -0.740. The van der Waals surface area contributed by atoms with E-state index in [4.69, 9.17) is 9.47 Å². The highest BCUT2D eigenvalue weighted by atomic mass is 79.9. The van der Waals surface area contributed by atoms with Crippen molar-refractivity contribution in [2.75, 3.05) is 38.0 Å². The average molecular weight is 609 g/mol. The zero-order chi connectivity index (χ0) is 19.9. The Morgan fingerprint density at radius 2 is 1.79 bits per heavy atom. The van der Waals surface area contributed by atoms with Gasteiger partial charge in [-0.3, -0.25) is 0 Å². The number of hydrogen-bond donors (Lipinski definition) is 1. The van der Waals surface area contributed by atoms with Crippen LogP contribution in [0.3, 0.4) is 0 Å². The number of nitrogens with zero attached hydrogens (tertiary/aromatic N) is 2. The van der Waals surface area contributed by atoms with Crippen molar-refractivity contribution in [2.24, 2.45) is 0 Å². The molecule has 4 rings (SSSR count). The number of anilines is 1. The first kappa shape index (κ1) is 22.9. The molecule has 9 heteroatoms. The topological polar surface area (TPSA) is 44.9 Å². The van der Waals surface area contributed by atoms with Gasteiger partial charge in [0.25, 0.3) is 5.72 Å². The van der Waals surface area contributed by atoms with E-state index in [1.54, 1.807) is 26.0 Å². The van der Waals surface area contributed by atoms with Gasteiger partial charge in [-0.15, -0.1) is 0 Å². The average Bonchev–Trinajstić information content (AvgIpc) is 3.02. The van der Waals surface area contributed by atoms with Gasteiger partial charge in [-0.1, -0.05) is 15.9 Å². The number of halogens is 3. The first-order valence-corrected chi connectivity index (χ1v) is 11.5. The summed E-state index contributed by atoms with van der Waals surface area (Å²) in [6, 6.07) is 11.9. The molecular weight excluding hydrogens is 588 g/mol. The van der Waals surface area contributed by atoms with Crippen molar-refractivity contribution in [3.05, 3.63) is 50.9 Å². The number of β-amino-alcohol motifs (C(OH)–C–C–N with tert-alkyl or cyclic N) is 1. The maximum absolute atomic E-state index is 11.9. The molecular formula is C20H21Br3N2O3S. The first-order valence-electron chi connectivity index (χ1n) is 8.93. The smallest absolute Gasteiger partial charge is 0.316 e. The van der Waals surface area contributed by atoms with E-state index in [-0.39, 0.29) is 17.0 Å². The van der Waals surface area contributed by atoms with Gasteiger partial charge in [0.05, 0.1) is 30.8 Å². The second kappa shape index (κ2) is 9.18. The van der Waals surface area contributed by atoms with E-state index in [9.17, 15) is 5.11 Å². The van der Waals surface area contributed by atoms with Crippen molar-refractivity contribution in [1.29, 1.82) is 0 Å². The molecule has 0 radical (unpaired) electrons. The second-order valence-electron chi connectivity index (χ2n) is 6.70. The van der Waals surface area contributed by atoms with E-state index in [2.05, 4.69) is 53.5 Å². The van der Waals surface area contributed by atoms with Crippen molar-refractivity contribution in [2.45, 2.75) is 12.1 Å². The van der Waals surface area contributed by atoms with Gasteiger partial charge in [-0.2, -0.15) is 0 Å². The van der Waals surface area contributed by atoms with Crippen molar-refractivity contribution >= 4 is 54.5 Å². The monoisotopic (exact) mass is 606 g/mol. The summed E-state index contributed by atoms with van der Waals surface area (Å²) in [5.74, 6) is 2.32. The van der Waals surface area contributed by atoms with Gasteiger partial charge >= 0.3 is 5.17 Å². The molecule has 1 atom stereocenters. The lowest BCUT2D eigenvalue weighted by Gasteiger charge is -2.26. The van der Waals surface area contributed by atoms with Crippen molar-refractivity contribution < 1.29 is 36.1 Å². The van der Waals surface area contributed by atoms with Gasteiger partial charge in [0.1, 0.15) is 17.2 Å². The predicted octanol–water partition coefficient (Wildman–Crippen LogP) is 1.40. The summed E-state index contributed by atoms with van der Waals surface area (Å²) >= 11 is 8.84. The summed E-state index contributed by atoms with van der Waals surface area (Å²) < 4.78 is 14.9. The second-order valence-corrected chi connectivity index (χ2v) is 9.53. The zero-order valence-electron chi connectivity index (χ0n) is 16.0. The SMILES string of the molecule is COc1cc(OC)c(C2(O)CN(c3ccc(Br)cc3)C3=[N+]2CCCS3)cc1Br.[Br-]. The molecule has 29 heavy (non-hydrogen) atoms. The first-order chi connectivity index (χ1) is 13.5. The normalized spacial score (nSPS) is 20.9. The number of ether oxygens (including phenoxy) is 2. The fourth-order valence-corrected chi connectivity index (χ4v) is 5.68. The molecule has 0 saturated carbocycles. The summed E-state index contributed by atoms with van der Waals surface area (Å²) in [5.41, 5.74) is 0.582. The molecule has 2 heterocycles. The Balaban J connectivity index is 0.00000240. The van der Waals surface area contributed by atoms with Crippen LogP contribution in [0.15, 0.2) is 45.3 Å². The molecule has 2 aromatic carbocycles. The van der Waals surface area contributed by atoms with Gasteiger partial charge in [0, 0.05) is 16.3 Å². The number of aliphatic hydroxyl groups is 1. The van der Waals surface area contributed by atoms with Crippen LogP contribution in [0.1, 0.15) is 12.0 Å². The Kier molecular flexibility index (Phi) is 7.26. The summed E-state index contributed by atoms with van der Waals surface area (Å²) in [6.45, 7) is 1.21. The number of amidine groups is 1. The molecule has 2 aliphatic heterocycles. The Bertz CT molecular complexity index is 939. The standard InChI is InChI=1S/C20H21Br2N2O3S.BrH/c1-26-17-11-18(27-2)16(22)10-15(17)20(25)12-23(14-6-4-13(21)5-7-14)19-24(20)8-3-9-28-19;/h4-7,10-11,25H,3,8-9,12H2,1-2H3;1H/q+1;/p-1. The number of benzene rings is 2. The van der Waals surface area contributed by atoms with E-state index < -0.39 is 5.72 Å². The van der Waals surface area contributed by atoms with Gasteiger partial charge in [0.15, 0.2) is 6.54 Å². The van der Waals surface area contributed by atoms with Crippen LogP contribution in [0.2, 0.25) is 0 Å². The van der Waals surface area contributed by atoms with Gasteiger partial charge < -0.3 is 31.6 Å². The molecule has 0 aliphatic carbocycles. The minimum Gasteiger partial charge on any atom is -1.00 e. The molecule has 1 N–H and O–H groups in total. The quantitative estimate of drug-likeness (QED) is 0.532. The van der Waals surface area contributed by atoms with Gasteiger partial charge in [-0.05, 0) is 64.4 Å². The third-order valence-electron chi connectivity index (χ3n) is 5.09. The molecule has 0 spiro atoms. The lowest BCUT2D eigenvalue weighted by atomic mass is 10.0. The highest BCUT2D eigenvalue weighted by Crippen LogP contribution is 2.44. The fourth-order valence-electron chi connectivity index (χ4n) is 3.73. The highest BCUT2D eigenvalue weighted by molar-refractivity contribution is 9.10. The summed E-state index contributed by atoms with van der Waals surface area (Å²) in [4.78, 5) is 2.19. The third kappa shape index (κ3) is 4.08. The Morgan fingerprint density at radius 1 is 1.10 bits per heavy atom. The fraction of sp³-hybridized carbons (Fsp3) is 0.350. The lowest BCUT2D eigenvalue weighted by Crippen LogP contribution is -3.00. The van der Waals surface area contributed by atoms with Gasteiger partial charge in [0.2, 0.25) is 0 Å². The van der Waals surface area contributed by atoms with E-state index >= 15 is 0 Å². The molecule has 2 aliphatic rings. The molecule has 0 bridgehead atoms. The van der Waals surface area contributed by atoms with Crippen LogP contribution < -0.4 is 31.4 Å². The third-order valence-corrected chi connectivity index (χ3v) is 7.43. The van der Waals surface area contributed by atoms with Crippen LogP contribution in [0, 0.1) is 0 Å². The molecule has 0 aromatic heterocycles. The van der Waals surface area contributed by atoms with Crippen LogP contribution in [-0.2, 0) is 5.72 Å². The van der Waals surface area contributed by atoms with Crippen LogP contribution >= 0.6 is 43.6 Å². The molecule has 2 aromatic rings. The Morgan fingerprint density at radius 3 is 2.45 bits per heavy atom. The minimum atomic E-state index is -1.20. The zero-order valence-corrected chi connectivity index (χ0v) is 21.6. The molecule has 0 fully saturated rings. The number of thioether (sulfide) groups is 1. The summed E-state index contributed by atoms with van der Waals surface area (Å²) in [6.07, 6.45) is 1.02.